The summed E-state index contributed by atoms with van der Waals surface area (Å²) in [5.41, 5.74) is 1.36. The number of nitrogens with zero attached hydrogens (tertiary/aromatic N) is 1. The van der Waals surface area contributed by atoms with Crippen molar-refractivity contribution in [2.24, 2.45) is 0 Å². The number of carbonyl (C=O) groups excluding carboxylic acids is 2. The fourth-order valence-corrected chi connectivity index (χ4v) is 4.00. The molecule has 156 valence electrons. The van der Waals surface area contributed by atoms with Gasteiger partial charge in [-0.25, -0.2) is 9.78 Å². The maximum atomic E-state index is 12.1. The molecule has 1 aromatic heterocycles. The first-order valence-electron chi connectivity index (χ1n) is 10.0. The Bertz CT molecular complexity index is 1050. The molecule has 0 spiro atoms. The van der Waals surface area contributed by atoms with Gasteiger partial charge in [-0.15, -0.1) is 0 Å². The summed E-state index contributed by atoms with van der Waals surface area (Å²) in [6, 6.07) is 7.38. The van der Waals surface area contributed by atoms with Crippen molar-refractivity contribution < 1.29 is 23.8 Å². The van der Waals surface area contributed by atoms with Crippen molar-refractivity contribution in [3.63, 3.8) is 0 Å². The number of benzene rings is 1. The Hall–Kier alpha value is -3.29. The van der Waals surface area contributed by atoms with Gasteiger partial charge < -0.3 is 24.8 Å². The van der Waals surface area contributed by atoms with E-state index in [4.69, 9.17) is 14.2 Å². The Morgan fingerprint density at radius 2 is 2.10 bits per heavy atom. The summed E-state index contributed by atoms with van der Waals surface area (Å²) in [5, 5.41) is 5.67. The van der Waals surface area contributed by atoms with Crippen LogP contribution in [0.5, 0.6) is 17.2 Å². The van der Waals surface area contributed by atoms with E-state index in [1.54, 1.807) is 12.3 Å². The molecule has 2 aromatic rings. The lowest BCUT2D eigenvalue weighted by Gasteiger charge is -2.20. The van der Waals surface area contributed by atoms with Crippen LogP contribution in [0.3, 0.4) is 0 Å². The number of amides is 2. The van der Waals surface area contributed by atoms with Crippen LogP contribution in [0.1, 0.15) is 44.2 Å². The largest absolute Gasteiger partial charge is 0.487 e. The normalized spacial score (nSPS) is 23.3. The molecule has 2 N–H and O–H groups in total. The van der Waals surface area contributed by atoms with Gasteiger partial charge in [0.2, 0.25) is 5.91 Å². The highest BCUT2D eigenvalue weighted by Gasteiger charge is 2.60. The Balaban J connectivity index is 1.31. The Labute approximate surface area is 173 Å². The van der Waals surface area contributed by atoms with E-state index >= 15 is 0 Å². The third-order valence-corrected chi connectivity index (χ3v) is 5.34. The average Bonchev–Trinajstić information content (AvgIpc) is 3.16. The highest BCUT2D eigenvalue weighted by Crippen LogP contribution is 2.54. The van der Waals surface area contributed by atoms with Gasteiger partial charge in [0.05, 0.1) is 12.0 Å². The molecule has 2 aliphatic heterocycles. The molecule has 1 aliphatic carbocycles. The van der Waals surface area contributed by atoms with Crippen molar-refractivity contribution in [2.75, 3.05) is 5.32 Å². The van der Waals surface area contributed by atoms with Crippen molar-refractivity contribution >= 4 is 17.8 Å². The number of nitrogens with one attached hydrogen (secondary N) is 2. The van der Waals surface area contributed by atoms with E-state index in [0.717, 1.165) is 16.9 Å². The lowest BCUT2D eigenvalue weighted by molar-refractivity contribution is -0.116. The molecule has 1 saturated carbocycles. The molecule has 3 atom stereocenters. The van der Waals surface area contributed by atoms with E-state index in [1.807, 2.05) is 39.0 Å². The standard InChI is InChI=1S/C22H23N3O5/c1-22(2,3)30-21(27)25-18-17-13-10-11(4-6-14(13)29-19(17)18)28-15-8-9-23-20-12(15)5-7-16(26)24-20/h4,6,8-10,17-19H,5,7H2,1-3H3,(H,25,27)(H,23,24,26)/t17-,18-,19-/m1/s1. The summed E-state index contributed by atoms with van der Waals surface area (Å²) in [7, 11) is 0. The monoisotopic (exact) mass is 409 g/mol. The summed E-state index contributed by atoms with van der Waals surface area (Å²) in [4.78, 5) is 27.9. The second-order valence-electron chi connectivity index (χ2n) is 8.77. The maximum Gasteiger partial charge on any atom is 0.408 e. The number of carbonyl (C=O) groups is 2. The molecule has 2 amide bonds. The van der Waals surface area contributed by atoms with Crippen LogP contribution in [0.2, 0.25) is 0 Å². The molecule has 0 radical (unpaired) electrons. The number of ether oxygens (including phenoxy) is 3. The minimum Gasteiger partial charge on any atom is -0.487 e. The molecule has 1 fully saturated rings. The number of aromatic nitrogens is 1. The fraction of sp³-hybridized carbons (Fsp3) is 0.409. The van der Waals surface area contributed by atoms with Crippen LogP contribution in [0.4, 0.5) is 10.6 Å². The average molecular weight is 409 g/mol. The van der Waals surface area contributed by atoms with Crippen LogP contribution in [-0.4, -0.2) is 34.7 Å². The summed E-state index contributed by atoms with van der Waals surface area (Å²) in [6.45, 7) is 5.50. The van der Waals surface area contributed by atoms with Crippen molar-refractivity contribution in [1.29, 1.82) is 0 Å². The Morgan fingerprint density at radius 1 is 1.27 bits per heavy atom. The molecule has 8 heteroatoms. The number of anilines is 1. The maximum absolute atomic E-state index is 12.1. The molecule has 5 rings (SSSR count). The van der Waals surface area contributed by atoms with Crippen LogP contribution in [0.15, 0.2) is 30.5 Å². The van der Waals surface area contributed by atoms with Crippen LogP contribution < -0.4 is 20.1 Å². The predicted molar refractivity (Wildman–Crippen MR) is 108 cm³/mol. The van der Waals surface area contributed by atoms with Crippen molar-refractivity contribution in [2.45, 2.75) is 57.3 Å². The quantitative estimate of drug-likeness (QED) is 0.805. The van der Waals surface area contributed by atoms with E-state index in [0.29, 0.717) is 30.2 Å². The molecule has 1 aromatic carbocycles. The number of rotatable bonds is 3. The predicted octanol–water partition coefficient (Wildman–Crippen LogP) is 3.51. The van der Waals surface area contributed by atoms with Crippen LogP contribution in [-0.2, 0) is 16.0 Å². The molecule has 0 unspecified atom stereocenters. The van der Waals surface area contributed by atoms with Crippen molar-refractivity contribution in [3.8, 4) is 17.2 Å². The van der Waals surface area contributed by atoms with Gasteiger partial charge in [-0.3, -0.25) is 4.79 Å². The first-order valence-corrected chi connectivity index (χ1v) is 10.0. The van der Waals surface area contributed by atoms with Crippen LogP contribution >= 0.6 is 0 Å². The molecule has 0 saturated heterocycles. The number of fused-ring (bicyclic) bond motifs is 4. The molecular formula is C22H23N3O5. The highest BCUT2D eigenvalue weighted by molar-refractivity contribution is 5.93. The highest BCUT2D eigenvalue weighted by atomic mass is 16.6. The summed E-state index contributed by atoms with van der Waals surface area (Å²) >= 11 is 0. The lowest BCUT2D eigenvalue weighted by atomic mass is 10.1. The third kappa shape index (κ3) is 3.42. The number of alkyl carbamates (subject to hydrolysis) is 1. The summed E-state index contributed by atoms with van der Waals surface area (Å²) in [6.07, 6.45) is 2.10. The third-order valence-electron chi connectivity index (χ3n) is 5.34. The van der Waals surface area contributed by atoms with Gasteiger partial charge in [-0.05, 0) is 51.5 Å². The fourth-order valence-electron chi connectivity index (χ4n) is 4.00. The number of hydrogen-bond donors (Lipinski definition) is 2. The second kappa shape index (κ2) is 6.62. The minimum atomic E-state index is -0.545. The SMILES string of the molecule is CC(C)(C)OC(=O)N[C@H]1[C@@H]2Oc3ccc(Oc4ccnc5c4CCC(=O)N5)cc3[C@H]12. The molecule has 30 heavy (non-hydrogen) atoms. The van der Waals surface area contributed by atoms with E-state index in [1.165, 1.54) is 0 Å². The van der Waals surface area contributed by atoms with E-state index in [2.05, 4.69) is 15.6 Å². The zero-order chi connectivity index (χ0) is 21.0. The number of pyridine rings is 1. The molecule has 3 heterocycles. The molecule has 8 nitrogen and oxygen atoms in total. The Morgan fingerprint density at radius 3 is 2.90 bits per heavy atom. The van der Waals surface area contributed by atoms with Crippen molar-refractivity contribution in [1.82, 2.24) is 10.3 Å². The molecule has 0 bridgehead atoms. The summed E-state index contributed by atoms with van der Waals surface area (Å²) in [5.74, 6) is 2.76. The van der Waals surface area contributed by atoms with Gasteiger partial charge in [-0.2, -0.15) is 0 Å². The zero-order valence-electron chi connectivity index (χ0n) is 17.0. The van der Waals surface area contributed by atoms with Crippen LogP contribution in [0.25, 0.3) is 0 Å². The molecule has 3 aliphatic rings. The summed E-state index contributed by atoms with van der Waals surface area (Å²) < 4.78 is 17.4. The van der Waals surface area contributed by atoms with Gasteiger partial charge in [0, 0.05) is 23.7 Å². The zero-order valence-corrected chi connectivity index (χ0v) is 17.0. The van der Waals surface area contributed by atoms with Gasteiger partial charge >= 0.3 is 6.09 Å². The minimum absolute atomic E-state index is 0.0369. The van der Waals surface area contributed by atoms with Gasteiger partial charge in [0.15, 0.2) is 0 Å². The topological polar surface area (TPSA) is 98.8 Å². The lowest BCUT2D eigenvalue weighted by Crippen LogP contribution is -2.36. The van der Waals surface area contributed by atoms with E-state index < -0.39 is 11.7 Å². The molecular weight excluding hydrogens is 386 g/mol. The smallest absolute Gasteiger partial charge is 0.408 e. The van der Waals surface area contributed by atoms with Gasteiger partial charge in [0.1, 0.15) is 34.8 Å². The first-order chi connectivity index (χ1) is 14.3. The Kier molecular flexibility index (Phi) is 4.13. The van der Waals surface area contributed by atoms with Crippen LogP contribution in [0, 0.1) is 0 Å². The van der Waals surface area contributed by atoms with Gasteiger partial charge in [-0.1, -0.05) is 0 Å². The second-order valence-corrected chi connectivity index (χ2v) is 8.77. The van der Waals surface area contributed by atoms with Crippen molar-refractivity contribution in [3.05, 3.63) is 41.6 Å². The first kappa shape index (κ1) is 18.7. The van der Waals surface area contributed by atoms with E-state index in [-0.39, 0.29) is 24.0 Å². The van der Waals surface area contributed by atoms with E-state index in [9.17, 15) is 9.59 Å². The van der Waals surface area contributed by atoms with Gasteiger partial charge in [0.25, 0.3) is 0 Å². The number of hydrogen-bond acceptors (Lipinski definition) is 6.